The van der Waals surface area contributed by atoms with Gasteiger partial charge in [-0.1, -0.05) is 52.5 Å². The van der Waals surface area contributed by atoms with Crippen molar-refractivity contribution in [1.29, 1.82) is 0 Å². The van der Waals surface area contributed by atoms with E-state index in [1.807, 2.05) is 0 Å². The van der Waals surface area contributed by atoms with Gasteiger partial charge >= 0.3 is 0 Å². The number of benzene rings is 3. The lowest BCUT2D eigenvalue weighted by atomic mass is 10.2. The highest BCUT2D eigenvalue weighted by atomic mass is 35.5. The summed E-state index contributed by atoms with van der Waals surface area (Å²) in [5.41, 5.74) is 1.05. The molecule has 0 aliphatic rings. The fourth-order valence-electron chi connectivity index (χ4n) is 2.55. The molecule has 3 aromatic carbocycles. The van der Waals surface area contributed by atoms with E-state index in [0.29, 0.717) is 26.3 Å². The maximum atomic E-state index is 12.6. The minimum absolute atomic E-state index is 0.0394. The lowest BCUT2D eigenvalue weighted by molar-refractivity contribution is -0.123. The largest absolute Gasteiger partial charge is 0.482 e. The van der Waals surface area contributed by atoms with Crippen LogP contribution >= 0.6 is 46.4 Å². The van der Waals surface area contributed by atoms with Crippen LogP contribution in [0.4, 0.5) is 5.69 Å². The number of anilines is 1. The summed E-state index contributed by atoms with van der Waals surface area (Å²) in [5.74, 6) is -0.245. The summed E-state index contributed by atoms with van der Waals surface area (Å²) < 4.78 is 33.0. The smallest absolute Gasteiger partial charge is 0.261 e. The number of ether oxygens (including phenoxy) is 1. The van der Waals surface area contributed by atoms with Crippen molar-refractivity contribution in [3.05, 3.63) is 86.3 Å². The highest BCUT2D eigenvalue weighted by molar-refractivity contribution is 7.92. The van der Waals surface area contributed by atoms with Crippen molar-refractivity contribution < 1.29 is 17.9 Å². The summed E-state index contributed by atoms with van der Waals surface area (Å²) in [6.07, 6.45) is 0. The lowest BCUT2D eigenvalue weighted by Crippen LogP contribution is -2.28. The predicted molar refractivity (Wildman–Crippen MR) is 128 cm³/mol. The van der Waals surface area contributed by atoms with Crippen molar-refractivity contribution in [1.82, 2.24) is 5.32 Å². The number of hydrogen-bond acceptors (Lipinski definition) is 4. The molecule has 0 aliphatic carbocycles. The van der Waals surface area contributed by atoms with Gasteiger partial charge in [0.15, 0.2) is 6.61 Å². The number of sulfonamides is 1. The highest BCUT2D eigenvalue weighted by Crippen LogP contribution is 2.28. The van der Waals surface area contributed by atoms with Gasteiger partial charge in [0.05, 0.1) is 9.92 Å². The summed E-state index contributed by atoms with van der Waals surface area (Å²) in [4.78, 5) is 12.0. The topological polar surface area (TPSA) is 84.5 Å². The fraction of sp³-hybridized carbons (Fsp3) is 0.0952. The van der Waals surface area contributed by atoms with Crippen molar-refractivity contribution in [3.8, 4) is 5.75 Å². The molecule has 168 valence electrons. The molecule has 11 heteroatoms. The first-order chi connectivity index (χ1) is 15.1. The Bertz CT molecular complexity index is 1240. The summed E-state index contributed by atoms with van der Waals surface area (Å²) in [7, 11) is -3.88. The van der Waals surface area contributed by atoms with Crippen LogP contribution in [0.2, 0.25) is 20.1 Å². The van der Waals surface area contributed by atoms with E-state index >= 15 is 0 Å². The Morgan fingerprint density at radius 1 is 0.844 bits per heavy atom. The van der Waals surface area contributed by atoms with E-state index in [4.69, 9.17) is 51.1 Å². The average Bonchev–Trinajstić information content (AvgIpc) is 2.73. The van der Waals surface area contributed by atoms with Crippen LogP contribution in [0.5, 0.6) is 5.75 Å². The standard InChI is InChI=1S/C21H16Cl4N2O4S/c22-14-3-5-16(6-4-14)27-32(29,30)17-7-8-20(19(25)10-17)31-12-21(28)26-11-13-1-2-15(23)9-18(13)24/h1-10,27H,11-12H2,(H,26,28). The third kappa shape index (κ3) is 6.67. The molecule has 0 saturated heterocycles. The van der Waals surface area contributed by atoms with Crippen LogP contribution < -0.4 is 14.8 Å². The van der Waals surface area contributed by atoms with Gasteiger partial charge in [0.2, 0.25) is 0 Å². The SMILES string of the molecule is O=C(COc1ccc(S(=O)(=O)Nc2ccc(Cl)cc2)cc1Cl)NCc1ccc(Cl)cc1Cl. The van der Waals surface area contributed by atoms with Gasteiger partial charge in [0.1, 0.15) is 5.75 Å². The predicted octanol–water partition coefficient (Wildman–Crippen LogP) is 5.80. The third-order valence-corrected chi connectivity index (χ3v) is 6.67. The molecule has 2 N–H and O–H groups in total. The number of carbonyl (C=O) groups excluding carboxylic acids is 1. The van der Waals surface area contributed by atoms with Crippen LogP contribution in [0, 0.1) is 0 Å². The van der Waals surface area contributed by atoms with Crippen molar-refractivity contribution in [2.24, 2.45) is 0 Å². The van der Waals surface area contributed by atoms with Gasteiger partial charge < -0.3 is 10.1 Å². The number of hydrogen-bond donors (Lipinski definition) is 2. The van der Waals surface area contributed by atoms with Gasteiger partial charge in [-0.05, 0) is 60.2 Å². The molecule has 0 aromatic heterocycles. The first-order valence-corrected chi connectivity index (χ1v) is 12.0. The van der Waals surface area contributed by atoms with Gasteiger partial charge in [-0.2, -0.15) is 0 Å². The van der Waals surface area contributed by atoms with E-state index in [1.165, 1.54) is 30.3 Å². The summed E-state index contributed by atoms with van der Waals surface area (Å²) >= 11 is 23.9. The zero-order valence-corrected chi connectivity index (χ0v) is 20.1. The highest BCUT2D eigenvalue weighted by Gasteiger charge is 2.17. The molecule has 0 radical (unpaired) electrons. The Kier molecular flexibility index (Phi) is 8.14. The number of amides is 1. The summed E-state index contributed by atoms with van der Waals surface area (Å²) in [6, 6.07) is 15.1. The molecular formula is C21H16Cl4N2O4S. The van der Waals surface area contributed by atoms with E-state index in [-0.39, 0.29) is 28.8 Å². The third-order valence-electron chi connectivity index (χ3n) is 4.16. The molecule has 0 heterocycles. The molecule has 0 bridgehead atoms. The second-order valence-electron chi connectivity index (χ2n) is 6.51. The zero-order valence-electron chi connectivity index (χ0n) is 16.2. The van der Waals surface area contributed by atoms with E-state index in [1.54, 1.807) is 30.3 Å². The zero-order chi connectivity index (χ0) is 23.3. The second kappa shape index (κ2) is 10.6. The quantitative estimate of drug-likeness (QED) is 0.383. The van der Waals surface area contributed by atoms with Gasteiger partial charge in [0, 0.05) is 27.3 Å². The molecule has 3 rings (SSSR count). The summed E-state index contributed by atoms with van der Waals surface area (Å²) in [6.45, 7) is -0.125. The van der Waals surface area contributed by atoms with Crippen molar-refractivity contribution in [3.63, 3.8) is 0 Å². The van der Waals surface area contributed by atoms with E-state index in [2.05, 4.69) is 10.0 Å². The number of carbonyl (C=O) groups is 1. The van der Waals surface area contributed by atoms with Gasteiger partial charge in [-0.25, -0.2) is 8.42 Å². The Balaban J connectivity index is 1.58. The molecule has 0 aliphatic heterocycles. The minimum atomic E-state index is -3.88. The van der Waals surface area contributed by atoms with Crippen LogP contribution in [-0.4, -0.2) is 20.9 Å². The Labute approximate surface area is 205 Å². The molecule has 1 amide bonds. The molecule has 0 fully saturated rings. The van der Waals surface area contributed by atoms with Crippen LogP contribution in [0.25, 0.3) is 0 Å². The summed E-state index contributed by atoms with van der Waals surface area (Å²) in [5, 5.41) is 4.12. The monoisotopic (exact) mass is 532 g/mol. The molecule has 0 unspecified atom stereocenters. The van der Waals surface area contributed by atoms with E-state index < -0.39 is 15.9 Å². The minimum Gasteiger partial charge on any atom is -0.482 e. The Morgan fingerprint density at radius 2 is 1.53 bits per heavy atom. The number of nitrogens with one attached hydrogen (secondary N) is 2. The van der Waals surface area contributed by atoms with Crippen LogP contribution in [0.15, 0.2) is 65.6 Å². The van der Waals surface area contributed by atoms with Crippen LogP contribution in [0.3, 0.4) is 0 Å². The number of rotatable bonds is 8. The molecule has 0 saturated carbocycles. The molecular weight excluding hydrogens is 518 g/mol. The lowest BCUT2D eigenvalue weighted by Gasteiger charge is -2.12. The van der Waals surface area contributed by atoms with Gasteiger partial charge in [-0.15, -0.1) is 0 Å². The van der Waals surface area contributed by atoms with Gasteiger partial charge in [-0.3, -0.25) is 9.52 Å². The molecule has 3 aromatic rings. The molecule has 0 atom stereocenters. The Hall–Kier alpha value is -2.16. The van der Waals surface area contributed by atoms with Crippen molar-refractivity contribution in [2.45, 2.75) is 11.4 Å². The number of halogens is 4. The van der Waals surface area contributed by atoms with Gasteiger partial charge in [0.25, 0.3) is 15.9 Å². The van der Waals surface area contributed by atoms with Crippen LogP contribution in [0.1, 0.15) is 5.56 Å². The second-order valence-corrected chi connectivity index (χ2v) is 9.88. The maximum Gasteiger partial charge on any atom is 0.261 e. The van der Waals surface area contributed by atoms with Crippen molar-refractivity contribution in [2.75, 3.05) is 11.3 Å². The normalized spacial score (nSPS) is 11.1. The first kappa shape index (κ1) is 24.5. The van der Waals surface area contributed by atoms with E-state index in [9.17, 15) is 13.2 Å². The molecule has 0 spiro atoms. The Morgan fingerprint density at radius 3 is 2.19 bits per heavy atom. The van der Waals surface area contributed by atoms with Crippen molar-refractivity contribution >= 4 is 68.0 Å². The molecule has 32 heavy (non-hydrogen) atoms. The molecule has 6 nitrogen and oxygen atoms in total. The van der Waals surface area contributed by atoms with E-state index in [0.717, 1.165) is 0 Å². The average molecular weight is 534 g/mol. The fourth-order valence-corrected chi connectivity index (χ4v) is 4.54. The van der Waals surface area contributed by atoms with Crippen LogP contribution in [-0.2, 0) is 21.4 Å². The maximum absolute atomic E-state index is 12.6. The first-order valence-electron chi connectivity index (χ1n) is 9.05.